The van der Waals surface area contributed by atoms with E-state index in [4.69, 9.17) is 28.4 Å². The lowest BCUT2D eigenvalue weighted by atomic mass is 9.98. The number of ether oxygens (including phenoxy) is 6. The number of hydrogen-bond acceptors (Lipinski definition) is 15. The van der Waals surface area contributed by atoms with E-state index in [1.54, 1.807) is 0 Å². The first-order chi connectivity index (χ1) is 35.0. The molecule has 15 nitrogen and oxygen atoms in total. The second-order valence-corrected chi connectivity index (χ2v) is 17.2. The van der Waals surface area contributed by atoms with E-state index in [0.29, 0.717) is 25.7 Å². The molecule has 0 aromatic rings. The number of carbonyl (C=O) groups is 2. The first kappa shape index (κ1) is 63.8. The van der Waals surface area contributed by atoms with Crippen molar-refractivity contribution in [2.24, 2.45) is 0 Å². The first-order valence-electron chi connectivity index (χ1n) is 25.8. The van der Waals surface area contributed by atoms with Gasteiger partial charge in [-0.1, -0.05) is 148 Å². The smallest absolute Gasteiger partial charge is 0.306 e. The monoisotopic (exact) mass is 1010 g/mol. The van der Waals surface area contributed by atoms with E-state index in [1.807, 2.05) is 30.4 Å². The minimum atomic E-state index is -1.80. The van der Waals surface area contributed by atoms with Gasteiger partial charge in [0.1, 0.15) is 55.4 Å². The van der Waals surface area contributed by atoms with Crippen LogP contribution in [0.1, 0.15) is 117 Å². The molecule has 11 unspecified atom stereocenters. The van der Waals surface area contributed by atoms with Crippen molar-refractivity contribution >= 4 is 11.9 Å². The third-order valence-electron chi connectivity index (χ3n) is 11.1. The van der Waals surface area contributed by atoms with E-state index in [2.05, 4.69) is 117 Å². The summed E-state index contributed by atoms with van der Waals surface area (Å²) in [5, 5.41) is 72.1. The summed E-state index contributed by atoms with van der Waals surface area (Å²) in [5.41, 5.74) is 0. The Labute approximate surface area is 428 Å². The van der Waals surface area contributed by atoms with Gasteiger partial charge in [0.25, 0.3) is 0 Å². The molecule has 2 heterocycles. The highest BCUT2D eigenvalue weighted by Crippen LogP contribution is 2.26. The van der Waals surface area contributed by atoms with E-state index >= 15 is 0 Å². The Morgan fingerprint density at radius 1 is 0.444 bits per heavy atom. The molecule has 0 aromatic carbocycles. The quantitative estimate of drug-likeness (QED) is 0.0182. The first-order valence-corrected chi connectivity index (χ1v) is 25.8. The number of carbonyl (C=O) groups excluding carboxylic acids is 2. The van der Waals surface area contributed by atoms with Gasteiger partial charge in [-0.05, 0) is 89.9 Å². The number of unbranched alkanes of at least 4 members (excludes halogenated alkanes) is 1. The maximum atomic E-state index is 13.0. The molecule has 0 aromatic heterocycles. The molecule has 72 heavy (non-hydrogen) atoms. The van der Waals surface area contributed by atoms with Crippen LogP contribution >= 0.6 is 0 Å². The summed E-state index contributed by atoms with van der Waals surface area (Å²) in [6, 6.07) is 0. The van der Waals surface area contributed by atoms with Gasteiger partial charge in [-0.2, -0.15) is 0 Å². The van der Waals surface area contributed by atoms with Gasteiger partial charge >= 0.3 is 11.9 Å². The van der Waals surface area contributed by atoms with Crippen molar-refractivity contribution in [3.63, 3.8) is 0 Å². The summed E-state index contributed by atoms with van der Waals surface area (Å²) in [7, 11) is 0. The maximum Gasteiger partial charge on any atom is 0.306 e. The summed E-state index contributed by atoms with van der Waals surface area (Å²) in [4.78, 5) is 25.7. The van der Waals surface area contributed by atoms with E-state index in [0.717, 1.165) is 64.2 Å². The van der Waals surface area contributed by atoms with Crippen LogP contribution in [0.5, 0.6) is 0 Å². The zero-order valence-electron chi connectivity index (χ0n) is 42.6. The van der Waals surface area contributed by atoms with Gasteiger partial charge in [0.05, 0.1) is 19.8 Å². The van der Waals surface area contributed by atoms with Gasteiger partial charge in [0, 0.05) is 12.8 Å². The number of aliphatic hydroxyl groups is 7. The molecule has 2 saturated heterocycles. The Kier molecular flexibility index (Phi) is 37.2. The molecule has 7 N–H and O–H groups in total. The molecule has 2 fully saturated rings. The zero-order chi connectivity index (χ0) is 52.4. The van der Waals surface area contributed by atoms with Crippen molar-refractivity contribution in [3.05, 3.63) is 134 Å². The van der Waals surface area contributed by atoms with Crippen LogP contribution in [0.2, 0.25) is 0 Å². The molecule has 2 aliphatic heterocycles. The Morgan fingerprint density at radius 2 is 0.833 bits per heavy atom. The lowest BCUT2D eigenvalue weighted by Gasteiger charge is -2.42. The summed E-state index contributed by atoms with van der Waals surface area (Å²) >= 11 is 0. The molecule has 15 heteroatoms. The van der Waals surface area contributed by atoms with E-state index in [1.165, 1.54) is 0 Å². The van der Waals surface area contributed by atoms with Crippen LogP contribution in [0.25, 0.3) is 0 Å². The third kappa shape index (κ3) is 29.4. The molecular weight excluding hydrogens is 925 g/mol. The lowest BCUT2D eigenvalue weighted by Crippen LogP contribution is -2.61. The molecule has 404 valence electrons. The van der Waals surface area contributed by atoms with E-state index < -0.39 is 99.3 Å². The number of allylic oxidation sites excluding steroid dienone is 22. The largest absolute Gasteiger partial charge is 0.462 e. The van der Waals surface area contributed by atoms with E-state index in [9.17, 15) is 45.3 Å². The summed E-state index contributed by atoms with van der Waals surface area (Å²) in [6.45, 7) is 2.18. The highest BCUT2D eigenvalue weighted by molar-refractivity contribution is 5.70. The molecular formula is C57H86O15. The average Bonchev–Trinajstić information content (AvgIpc) is 3.37. The Hall–Kier alpha value is -4.36. The fourth-order valence-corrected chi connectivity index (χ4v) is 6.98. The van der Waals surface area contributed by atoms with E-state index in [-0.39, 0.29) is 19.4 Å². The molecule has 0 bridgehead atoms. The number of hydrogen-bond donors (Lipinski definition) is 7. The predicted octanol–water partition coefficient (Wildman–Crippen LogP) is 7.48. The van der Waals surface area contributed by atoms with Gasteiger partial charge in [-0.3, -0.25) is 9.59 Å². The minimum Gasteiger partial charge on any atom is -0.462 e. The number of rotatable bonds is 37. The molecule has 2 aliphatic rings. The Morgan fingerprint density at radius 3 is 1.28 bits per heavy atom. The van der Waals surface area contributed by atoms with Crippen LogP contribution in [0, 0.1) is 0 Å². The Bertz CT molecular complexity index is 1760. The predicted molar refractivity (Wildman–Crippen MR) is 279 cm³/mol. The maximum absolute atomic E-state index is 13.0. The SMILES string of the molecule is CC/C=C\C/C=C\C/C=C\C/C=C\C/C=C\C/C=C\CCC(=O)OC(COC(=O)CCC/C=C\C/C=C\C/C=C\C/C=C\C/C=C\CC)COC1OC(COC2OC(CO)C(O)C(O)C2O)C(O)C(O)C1O. The van der Waals surface area contributed by atoms with Crippen molar-refractivity contribution in [1.82, 2.24) is 0 Å². The standard InChI is InChI=1S/C57H86O15/c1-3-5-7-9-11-13-15-17-19-21-22-24-26-28-30-32-34-36-38-40-49(60)70-45(42-67-48(59)39-37-35-33-31-29-27-25-23-20-18-16-14-12-10-8-6-4-2)43-68-56-55(66)53(64)51(62)47(72-56)44-69-57-54(65)52(63)50(61)46(41-58)71-57/h5-8,11-14,17-20,22,24-25,27-28,30-31,33-34,36,45-47,50-58,61-66H,3-4,9-10,15-16,21,23,26,29,32,35,37-44H2,1-2H3/b7-5-,8-6-,13-11-,14-12-,19-17-,20-18-,24-22-,27-25-,30-28-,33-31-,36-34-. The molecule has 2 rings (SSSR count). The normalized spacial score (nSPS) is 26.1. The molecule has 0 spiro atoms. The third-order valence-corrected chi connectivity index (χ3v) is 11.1. The summed E-state index contributed by atoms with van der Waals surface area (Å²) in [5.74, 6) is -1.11. The van der Waals surface area contributed by atoms with Crippen molar-refractivity contribution in [2.75, 3.05) is 26.4 Å². The fourth-order valence-electron chi connectivity index (χ4n) is 6.98. The molecule has 11 atom stereocenters. The van der Waals surface area contributed by atoms with Crippen LogP contribution < -0.4 is 0 Å². The van der Waals surface area contributed by atoms with Crippen molar-refractivity contribution < 1.29 is 73.8 Å². The van der Waals surface area contributed by atoms with Crippen LogP contribution in [0.4, 0.5) is 0 Å². The van der Waals surface area contributed by atoms with Crippen molar-refractivity contribution in [2.45, 2.75) is 184 Å². The average molecular weight is 1010 g/mol. The second-order valence-electron chi connectivity index (χ2n) is 17.2. The van der Waals surface area contributed by atoms with Crippen molar-refractivity contribution in [3.8, 4) is 0 Å². The van der Waals surface area contributed by atoms with Crippen molar-refractivity contribution in [1.29, 1.82) is 0 Å². The minimum absolute atomic E-state index is 0.0185. The number of esters is 2. The summed E-state index contributed by atoms with van der Waals surface area (Å²) < 4.78 is 33.4. The van der Waals surface area contributed by atoms with Gasteiger partial charge in [0.2, 0.25) is 0 Å². The molecule has 0 radical (unpaired) electrons. The Balaban J connectivity index is 1.88. The molecule has 0 aliphatic carbocycles. The van der Waals surface area contributed by atoms with Gasteiger partial charge < -0.3 is 64.2 Å². The van der Waals surface area contributed by atoms with Crippen LogP contribution in [-0.2, 0) is 38.0 Å². The number of aliphatic hydroxyl groups excluding tert-OH is 7. The highest BCUT2D eigenvalue weighted by Gasteiger charge is 2.47. The van der Waals surface area contributed by atoms with Crippen LogP contribution in [0.3, 0.4) is 0 Å². The molecule has 0 saturated carbocycles. The fraction of sp³-hybridized carbons (Fsp3) is 0.579. The van der Waals surface area contributed by atoms with Crippen LogP contribution in [0.15, 0.2) is 134 Å². The zero-order valence-corrected chi connectivity index (χ0v) is 42.6. The second kappa shape index (κ2) is 42.0. The van der Waals surface area contributed by atoms with Gasteiger partial charge in [-0.15, -0.1) is 0 Å². The molecule has 0 amide bonds. The van der Waals surface area contributed by atoms with Gasteiger partial charge in [-0.25, -0.2) is 0 Å². The summed E-state index contributed by atoms with van der Waals surface area (Å²) in [6.07, 6.45) is 40.7. The van der Waals surface area contributed by atoms with Crippen LogP contribution in [-0.4, -0.2) is 142 Å². The lowest BCUT2D eigenvalue weighted by molar-refractivity contribution is -0.332. The van der Waals surface area contributed by atoms with Gasteiger partial charge in [0.15, 0.2) is 18.7 Å². The topological polar surface area (TPSA) is 231 Å². The highest BCUT2D eigenvalue weighted by atomic mass is 16.7.